The van der Waals surface area contributed by atoms with Gasteiger partial charge in [-0.1, -0.05) is 18.2 Å². The molecule has 0 aromatic carbocycles. The van der Waals surface area contributed by atoms with Crippen molar-refractivity contribution in [2.24, 2.45) is 5.92 Å². The van der Waals surface area contributed by atoms with Crippen LogP contribution in [0.25, 0.3) is 16.6 Å². The van der Waals surface area contributed by atoms with E-state index >= 15 is 0 Å². The lowest BCUT2D eigenvalue weighted by molar-refractivity contribution is -0.0395. The lowest BCUT2D eigenvalue weighted by Gasteiger charge is -2.18. The third-order valence-electron chi connectivity index (χ3n) is 5.81. The maximum Gasteiger partial charge on any atom is 0.485 e. The molecule has 2 aliphatic carbocycles. The Kier molecular flexibility index (Phi) is 8.17. The molecule has 0 bridgehead atoms. The zero-order chi connectivity index (χ0) is 25.0. The largest absolute Gasteiger partial charge is 0.485 e. The quantitative estimate of drug-likeness (QED) is 0.405. The molecule has 3 N–H and O–H groups in total. The van der Waals surface area contributed by atoms with Crippen molar-refractivity contribution >= 4 is 40.2 Å². The number of hydrogen-bond acceptors (Lipinski definition) is 7. The number of anilines is 2. The number of aromatic nitrogens is 3. The predicted octanol–water partition coefficient (Wildman–Crippen LogP) is 4.77. The van der Waals surface area contributed by atoms with Crippen molar-refractivity contribution < 1.29 is 21.8 Å². The molecule has 13 heteroatoms. The molecule has 2 aromatic heterocycles. The molecule has 3 atom stereocenters. The summed E-state index contributed by atoms with van der Waals surface area (Å²) in [6.07, 6.45) is 10.7. The first kappa shape index (κ1) is 25.7. The molecule has 35 heavy (non-hydrogen) atoms. The van der Waals surface area contributed by atoms with Crippen LogP contribution in [0.3, 0.4) is 0 Å². The SMILES string of the molecule is Cc1nc(NCCF)nc(N[C@H]2CC[C@@H](CNS(=O)C(F)(F)F)C2)c1-c1nc2c(s1)C=CC=CC2. The van der Waals surface area contributed by atoms with E-state index in [0.29, 0.717) is 36.7 Å². The van der Waals surface area contributed by atoms with Crippen LogP contribution in [0.5, 0.6) is 0 Å². The number of alkyl halides is 4. The summed E-state index contributed by atoms with van der Waals surface area (Å²) >= 11 is 1.54. The molecule has 2 aromatic rings. The highest BCUT2D eigenvalue weighted by Gasteiger charge is 2.38. The number of nitrogens with one attached hydrogen (secondary N) is 3. The van der Waals surface area contributed by atoms with E-state index in [1.54, 1.807) is 0 Å². The van der Waals surface area contributed by atoms with E-state index in [-0.39, 0.29) is 25.0 Å². The maximum atomic E-state index is 12.7. The van der Waals surface area contributed by atoms with Crippen LogP contribution < -0.4 is 15.4 Å². The second kappa shape index (κ2) is 11.1. The minimum atomic E-state index is -4.77. The highest BCUT2D eigenvalue weighted by molar-refractivity contribution is 7.83. The van der Waals surface area contributed by atoms with Gasteiger partial charge in [0.15, 0.2) is 11.0 Å². The van der Waals surface area contributed by atoms with Crippen LogP contribution in [-0.4, -0.2) is 50.5 Å². The topological polar surface area (TPSA) is 91.8 Å². The van der Waals surface area contributed by atoms with Crippen LogP contribution in [0.2, 0.25) is 0 Å². The van der Waals surface area contributed by atoms with Gasteiger partial charge in [0.05, 0.1) is 21.8 Å². The molecule has 7 nitrogen and oxygen atoms in total. The summed E-state index contributed by atoms with van der Waals surface area (Å²) in [4.78, 5) is 15.0. The van der Waals surface area contributed by atoms with E-state index in [1.807, 2.05) is 31.2 Å². The number of halogens is 4. The van der Waals surface area contributed by atoms with Crippen LogP contribution in [0.4, 0.5) is 29.3 Å². The zero-order valence-electron chi connectivity index (χ0n) is 19.0. The fraction of sp³-hybridized carbons (Fsp3) is 0.500. The highest BCUT2D eigenvalue weighted by Crippen LogP contribution is 2.38. The number of allylic oxidation sites excluding steroid dienone is 3. The Bertz CT molecular complexity index is 1130. The molecule has 0 spiro atoms. The smallest absolute Gasteiger partial charge is 0.367 e. The number of fused-ring (bicyclic) bond motifs is 1. The minimum Gasteiger partial charge on any atom is -0.367 e. The predicted molar refractivity (Wildman–Crippen MR) is 131 cm³/mol. The van der Waals surface area contributed by atoms with Gasteiger partial charge >= 0.3 is 5.51 Å². The van der Waals surface area contributed by atoms with Gasteiger partial charge in [0, 0.05) is 25.6 Å². The van der Waals surface area contributed by atoms with E-state index in [0.717, 1.165) is 27.6 Å². The van der Waals surface area contributed by atoms with Gasteiger partial charge in [0.1, 0.15) is 17.5 Å². The summed E-state index contributed by atoms with van der Waals surface area (Å²) in [5.41, 5.74) is -2.37. The molecule has 2 aliphatic rings. The number of rotatable bonds is 9. The Morgan fingerprint density at radius 1 is 1.20 bits per heavy atom. The Hall–Kier alpha value is -2.38. The highest BCUT2D eigenvalue weighted by atomic mass is 32.2. The standard InChI is InChI=1S/C22H26F4N6OS2/c1-13-18(20-31-16-5-3-2-4-6-17(16)34-20)19(32-21(29-13)27-10-9-23)30-15-8-7-14(11-15)12-28-35(33)22(24,25)26/h2-4,6,14-15,28H,5,7-12H2,1H3,(H2,27,29,30,32)/t14-,15+,35?/m1/s1. The van der Waals surface area contributed by atoms with Crippen molar-refractivity contribution in [3.05, 3.63) is 34.5 Å². The molecule has 0 aliphatic heterocycles. The molecule has 4 rings (SSSR count). The third kappa shape index (κ3) is 6.44. The van der Waals surface area contributed by atoms with Crippen molar-refractivity contribution in [3.8, 4) is 10.6 Å². The molecule has 0 saturated heterocycles. The molecule has 1 fully saturated rings. The molecular formula is C22H26F4N6OS2. The van der Waals surface area contributed by atoms with Gasteiger partial charge < -0.3 is 10.6 Å². The van der Waals surface area contributed by atoms with Crippen molar-refractivity contribution in [3.63, 3.8) is 0 Å². The first-order valence-corrected chi connectivity index (χ1v) is 13.2. The number of thiazole rings is 1. The summed E-state index contributed by atoms with van der Waals surface area (Å²) in [7, 11) is -3.07. The second-order valence-electron chi connectivity index (χ2n) is 8.38. The van der Waals surface area contributed by atoms with E-state index in [9.17, 15) is 21.8 Å². The van der Waals surface area contributed by atoms with Gasteiger partial charge in [0.25, 0.3) is 0 Å². The van der Waals surface area contributed by atoms with Crippen LogP contribution >= 0.6 is 11.3 Å². The average molecular weight is 531 g/mol. The molecule has 1 unspecified atom stereocenters. The Labute approximate surface area is 207 Å². The number of nitrogens with zero attached hydrogens (tertiary/aromatic N) is 3. The second-order valence-corrected chi connectivity index (χ2v) is 10.7. The fourth-order valence-corrected chi connectivity index (χ4v) is 5.83. The molecule has 1 saturated carbocycles. The van der Waals surface area contributed by atoms with Crippen molar-refractivity contribution in [2.75, 3.05) is 30.4 Å². The Morgan fingerprint density at radius 2 is 2.03 bits per heavy atom. The van der Waals surface area contributed by atoms with Gasteiger partial charge in [-0.2, -0.15) is 18.2 Å². The molecular weight excluding hydrogens is 504 g/mol. The van der Waals surface area contributed by atoms with Crippen molar-refractivity contribution in [1.29, 1.82) is 0 Å². The van der Waals surface area contributed by atoms with Crippen LogP contribution in [0, 0.1) is 12.8 Å². The van der Waals surface area contributed by atoms with Crippen molar-refractivity contribution in [2.45, 2.75) is 44.2 Å². The Balaban J connectivity index is 1.54. The molecule has 0 radical (unpaired) electrons. The summed E-state index contributed by atoms with van der Waals surface area (Å²) in [6, 6.07) is -0.0381. The average Bonchev–Trinajstić information content (AvgIpc) is 3.35. The lowest BCUT2D eigenvalue weighted by atomic mass is 10.1. The normalized spacial score (nSPS) is 20.5. The van der Waals surface area contributed by atoms with E-state index < -0.39 is 23.2 Å². The summed E-state index contributed by atoms with van der Waals surface area (Å²) in [6.45, 7) is 1.37. The van der Waals surface area contributed by atoms with Crippen molar-refractivity contribution in [1.82, 2.24) is 19.7 Å². The first-order chi connectivity index (χ1) is 16.7. The lowest BCUT2D eigenvalue weighted by Crippen LogP contribution is -2.33. The summed E-state index contributed by atoms with van der Waals surface area (Å²) in [5.74, 6) is 0.797. The van der Waals surface area contributed by atoms with Gasteiger partial charge in [-0.3, -0.25) is 0 Å². The minimum absolute atomic E-state index is 0.0162. The number of aryl methyl sites for hydroxylation is 1. The van der Waals surface area contributed by atoms with Crippen LogP contribution in [-0.2, 0) is 17.4 Å². The maximum absolute atomic E-state index is 12.7. The third-order valence-corrected chi connectivity index (χ3v) is 7.74. The van der Waals surface area contributed by atoms with Gasteiger partial charge in [-0.15, -0.1) is 11.3 Å². The van der Waals surface area contributed by atoms with E-state index in [4.69, 9.17) is 4.98 Å². The van der Waals surface area contributed by atoms with Gasteiger partial charge in [-0.05, 0) is 38.2 Å². The molecule has 2 heterocycles. The summed E-state index contributed by atoms with van der Waals surface area (Å²) in [5, 5.41) is 7.06. The van der Waals surface area contributed by atoms with Gasteiger partial charge in [-0.25, -0.2) is 23.3 Å². The number of hydrogen-bond donors (Lipinski definition) is 3. The monoisotopic (exact) mass is 530 g/mol. The fourth-order valence-electron chi connectivity index (χ4n) is 4.18. The van der Waals surface area contributed by atoms with Crippen LogP contribution in [0.1, 0.15) is 35.5 Å². The molecule has 190 valence electrons. The summed E-state index contributed by atoms with van der Waals surface area (Å²) < 4.78 is 63.7. The van der Waals surface area contributed by atoms with Gasteiger partial charge in [0.2, 0.25) is 5.95 Å². The zero-order valence-corrected chi connectivity index (χ0v) is 20.6. The molecule has 0 amide bonds. The van der Waals surface area contributed by atoms with E-state index in [1.165, 1.54) is 11.3 Å². The van der Waals surface area contributed by atoms with E-state index in [2.05, 4.69) is 25.3 Å². The Morgan fingerprint density at radius 3 is 2.80 bits per heavy atom. The first-order valence-electron chi connectivity index (χ1n) is 11.2. The van der Waals surface area contributed by atoms with Crippen LogP contribution in [0.15, 0.2) is 18.2 Å².